The molecule has 0 saturated carbocycles. The summed E-state index contributed by atoms with van der Waals surface area (Å²) in [5.74, 6) is -6.16. The van der Waals surface area contributed by atoms with Crippen molar-refractivity contribution < 1.29 is 27.9 Å². The molecule has 21 heavy (non-hydrogen) atoms. The zero-order valence-electron chi connectivity index (χ0n) is 10.9. The molecule has 8 heteroatoms. The molecule has 0 radical (unpaired) electrons. The quantitative estimate of drug-likeness (QED) is 0.718. The Morgan fingerprint density at radius 3 is 2.10 bits per heavy atom. The molecule has 0 aliphatic rings. The van der Waals surface area contributed by atoms with E-state index in [0.717, 1.165) is 0 Å². The number of halogens is 3. The van der Waals surface area contributed by atoms with E-state index in [1.165, 1.54) is 0 Å². The summed E-state index contributed by atoms with van der Waals surface area (Å²) in [6.07, 6.45) is -5.19. The molecule has 2 unspecified atom stereocenters. The molecular formula is C13H15F3N2O3. The average Bonchev–Trinajstić information content (AvgIpc) is 2.38. The predicted molar refractivity (Wildman–Crippen MR) is 68.3 cm³/mol. The smallest absolute Gasteiger partial charge is 0.400 e. The summed E-state index contributed by atoms with van der Waals surface area (Å²) >= 11 is 0. The number of carboxylic acid groups (broad SMARTS) is 1. The van der Waals surface area contributed by atoms with Gasteiger partial charge in [-0.1, -0.05) is 30.3 Å². The van der Waals surface area contributed by atoms with Crippen molar-refractivity contribution in [3.63, 3.8) is 0 Å². The van der Waals surface area contributed by atoms with Crippen LogP contribution in [0.1, 0.15) is 5.56 Å². The molecule has 0 aromatic heterocycles. The third-order valence-corrected chi connectivity index (χ3v) is 2.97. The number of carbonyl (C=O) groups excluding carboxylic acids is 1. The molecule has 0 amide bonds. The minimum Gasteiger partial charge on any atom is -0.480 e. The lowest BCUT2D eigenvalue weighted by Crippen LogP contribution is -2.54. The number of hydrogen-bond donors (Lipinski definition) is 3. The van der Waals surface area contributed by atoms with Crippen LogP contribution in [0.4, 0.5) is 13.2 Å². The summed E-state index contributed by atoms with van der Waals surface area (Å²) in [6, 6.07) is 4.35. The lowest BCUT2D eigenvalue weighted by Gasteiger charge is -2.25. The van der Waals surface area contributed by atoms with Crippen molar-refractivity contribution in [1.29, 1.82) is 0 Å². The predicted octanol–water partition coefficient (Wildman–Crippen LogP) is 0.716. The minimum atomic E-state index is -5.07. The highest BCUT2D eigenvalue weighted by molar-refractivity contribution is 5.92. The highest BCUT2D eigenvalue weighted by atomic mass is 19.4. The molecule has 0 saturated heterocycles. The summed E-state index contributed by atoms with van der Waals surface area (Å²) in [5.41, 5.74) is 11.0. The Labute approximate surface area is 118 Å². The van der Waals surface area contributed by atoms with Gasteiger partial charge in [0.05, 0.1) is 6.04 Å². The Balaban J connectivity index is 2.92. The van der Waals surface area contributed by atoms with Gasteiger partial charge in [-0.05, 0) is 12.0 Å². The first kappa shape index (κ1) is 17.1. The van der Waals surface area contributed by atoms with E-state index in [0.29, 0.717) is 5.56 Å². The monoisotopic (exact) mass is 304 g/mol. The molecule has 1 rings (SSSR count). The Morgan fingerprint density at radius 2 is 1.67 bits per heavy atom. The van der Waals surface area contributed by atoms with Crippen LogP contribution in [-0.2, 0) is 16.0 Å². The SMILES string of the molecule is NC(C(=O)O)C(C(=O)[C@@H](N)Cc1ccccc1)C(F)(F)F. The van der Waals surface area contributed by atoms with E-state index in [4.69, 9.17) is 16.6 Å². The second-order valence-corrected chi connectivity index (χ2v) is 4.58. The summed E-state index contributed by atoms with van der Waals surface area (Å²) in [7, 11) is 0. The minimum absolute atomic E-state index is 0.126. The van der Waals surface area contributed by atoms with Crippen molar-refractivity contribution >= 4 is 11.8 Å². The highest BCUT2D eigenvalue weighted by Crippen LogP contribution is 2.30. The second kappa shape index (κ2) is 6.68. The maximum atomic E-state index is 12.9. The molecule has 0 bridgehead atoms. The van der Waals surface area contributed by atoms with Gasteiger partial charge in [0.15, 0.2) is 5.78 Å². The Hall–Kier alpha value is -1.93. The van der Waals surface area contributed by atoms with Gasteiger partial charge in [-0.3, -0.25) is 9.59 Å². The summed E-state index contributed by atoms with van der Waals surface area (Å²) < 4.78 is 38.6. The first-order chi connectivity index (χ1) is 9.64. The van der Waals surface area contributed by atoms with Crippen LogP contribution in [0.15, 0.2) is 30.3 Å². The molecule has 0 fully saturated rings. The molecule has 116 valence electrons. The van der Waals surface area contributed by atoms with Crippen LogP contribution in [0.25, 0.3) is 0 Å². The van der Waals surface area contributed by atoms with Gasteiger partial charge in [0, 0.05) is 0 Å². The number of carbonyl (C=O) groups is 2. The van der Waals surface area contributed by atoms with E-state index in [1.807, 2.05) is 0 Å². The number of ketones is 1. The van der Waals surface area contributed by atoms with Crippen molar-refractivity contribution in [1.82, 2.24) is 0 Å². The van der Waals surface area contributed by atoms with Gasteiger partial charge in [-0.25, -0.2) is 0 Å². The van der Waals surface area contributed by atoms with Crippen molar-refractivity contribution in [2.24, 2.45) is 17.4 Å². The average molecular weight is 304 g/mol. The number of Topliss-reactive ketones (excluding diaryl/α,β-unsaturated/α-hetero) is 1. The highest BCUT2D eigenvalue weighted by Gasteiger charge is 2.51. The fourth-order valence-electron chi connectivity index (χ4n) is 1.88. The number of aliphatic carboxylic acids is 1. The van der Waals surface area contributed by atoms with Gasteiger partial charge in [-0.15, -0.1) is 0 Å². The zero-order valence-corrected chi connectivity index (χ0v) is 10.9. The number of nitrogens with two attached hydrogens (primary N) is 2. The molecule has 5 nitrogen and oxygen atoms in total. The van der Waals surface area contributed by atoms with E-state index in [2.05, 4.69) is 0 Å². The van der Waals surface area contributed by atoms with Gasteiger partial charge in [-0.2, -0.15) is 13.2 Å². The number of rotatable bonds is 6. The van der Waals surface area contributed by atoms with Gasteiger partial charge < -0.3 is 16.6 Å². The lowest BCUT2D eigenvalue weighted by atomic mass is 9.88. The molecule has 1 aromatic carbocycles. The van der Waals surface area contributed by atoms with Crippen LogP contribution in [0.5, 0.6) is 0 Å². The fourth-order valence-corrected chi connectivity index (χ4v) is 1.88. The zero-order chi connectivity index (χ0) is 16.2. The molecule has 0 spiro atoms. The van der Waals surface area contributed by atoms with Crippen LogP contribution in [0.3, 0.4) is 0 Å². The van der Waals surface area contributed by atoms with Crippen LogP contribution >= 0.6 is 0 Å². The van der Waals surface area contributed by atoms with Crippen molar-refractivity contribution in [3.8, 4) is 0 Å². The van der Waals surface area contributed by atoms with E-state index in [-0.39, 0.29) is 6.42 Å². The summed E-state index contributed by atoms with van der Waals surface area (Å²) in [4.78, 5) is 22.5. The first-order valence-electron chi connectivity index (χ1n) is 6.03. The summed E-state index contributed by atoms with van der Waals surface area (Å²) in [6.45, 7) is 0. The number of benzene rings is 1. The molecule has 5 N–H and O–H groups in total. The lowest BCUT2D eigenvalue weighted by molar-refractivity contribution is -0.191. The molecular weight excluding hydrogens is 289 g/mol. The normalized spacial score (nSPS) is 16.0. The van der Waals surface area contributed by atoms with Crippen LogP contribution < -0.4 is 11.5 Å². The maximum absolute atomic E-state index is 12.9. The number of alkyl halides is 3. The summed E-state index contributed by atoms with van der Waals surface area (Å²) in [5, 5.41) is 8.62. The van der Waals surface area contributed by atoms with Crippen LogP contribution in [0, 0.1) is 5.92 Å². The Bertz CT molecular complexity index is 505. The third-order valence-electron chi connectivity index (χ3n) is 2.97. The largest absolute Gasteiger partial charge is 0.480 e. The van der Waals surface area contributed by atoms with Gasteiger partial charge in [0.25, 0.3) is 0 Å². The Morgan fingerprint density at radius 1 is 1.14 bits per heavy atom. The molecule has 1 aromatic rings. The van der Waals surface area contributed by atoms with Gasteiger partial charge in [0.2, 0.25) is 0 Å². The third kappa shape index (κ3) is 4.54. The van der Waals surface area contributed by atoms with E-state index in [1.54, 1.807) is 30.3 Å². The van der Waals surface area contributed by atoms with Crippen molar-refractivity contribution in [2.45, 2.75) is 24.7 Å². The second-order valence-electron chi connectivity index (χ2n) is 4.58. The van der Waals surface area contributed by atoms with Crippen molar-refractivity contribution in [3.05, 3.63) is 35.9 Å². The van der Waals surface area contributed by atoms with Gasteiger partial charge >= 0.3 is 12.1 Å². The van der Waals surface area contributed by atoms with Crippen molar-refractivity contribution in [2.75, 3.05) is 0 Å². The van der Waals surface area contributed by atoms with E-state index >= 15 is 0 Å². The molecule has 3 atom stereocenters. The van der Waals surface area contributed by atoms with E-state index in [9.17, 15) is 22.8 Å². The first-order valence-corrected chi connectivity index (χ1v) is 6.03. The topological polar surface area (TPSA) is 106 Å². The molecule has 0 aliphatic heterocycles. The van der Waals surface area contributed by atoms with E-state index < -0.39 is 35.9 Å². The number of carboxylic acids is 1. The van der Waals surface area contributed by atoms with Crippen LogP contribution in [0.2, 0.25) is 0 Å². The standard InChI is InChI=1S/C13H15F3N2O3/c14-13(15,16)9(10(18)12(20)21)11(19)8(17)6-7-4-2-1-3-5-7/h1-5,8-10H,6,17-18H2,(H,20,21)/t8-,9?,10?/m0/s1. The molecule has 0 heterocycles. The fraction of sp³-hybridized carbons (Fsp3) is 0.385. The maximum Gasteiger partial charge on any atom is 0.400 e. The number of hydrogen-bond acceptors (Lipinski definition) is 4. The van der Waals surface area contributed by atoms with Crippen LogP contribution in [-0.4, -0.2) is 35.1 Å². The molecule has 0 aliphatic carbocycles. The Kier molecular flexibility index (Phi) is 5.45. The van der Waals surface area contributed by atoms with Gasteiger partial charge in [0.1, 0.15) is 12.0 Å².